The maximum absolute atomic E-state index is 12.1. The molecule has 32 heavy (non-hydrogen) atoms. The molecule has 2 aliphatic rings. The molecule has 1 aliphatic heterocycles. The standard InChI is InChI=1S/C22H26N8O2.5H2/c1-3-25-20(31)17-14-10-30(11-15(14)17)16-9-26-19(23)18(27-16)22-29-28-21(32-22)13-6-4-12(5-7-13)8-24-2;;;;;/h4-7,9,14-15,17,24H,3,8,10-11H2,1-2H3,(H2,23,26)(H,25,31);5*1H/t14-,15?,17?;;;;;/m1...../s1. The summed E-state index contributed by atoms with van der Waals surface area (Å²) < 4.78 is 5.87. The highest BCUT2D eigenvalue weighted by Crippen LogP contribution is 2.52. The monoisotopic (exact) mass is 444 g/mol. The van der Waals surface area contributed by atoms with E-state index >= 15 is 0 Å². The molecule has 3 aromatic rings. The summed E-state index contributed by atoms with van der Waals surface area (Å²) in [6, 6.07) is 7.91. The average molecular weight is 445 g/mol. The number of nitrogens with one attached hydrogen (secondary N) is 2. The molecule has 10 heteroatoms. The third-order valence-electron chi connectivity index (χ3n) is 6.17. The topological polar surface area (TPSA) is 135 Å². The van der Waals surface area contributed by atoms with Crippen LogP contribution in [0, 0.1) is 17.8 Å². The first-order chi connectivity index (χ1) is 15.6. The van der Waals surface area contributed by atoms with Crippen LogP contribution >= 0.6 is 0 Å². The molecule has 1 saturated carbocycles. The Labute approximate surface area is 193 Å². The SMILES string of the molecule is CCNC(=O)C1C2CN(c3cnc(N)c(-c4nnc(-c5ccc(CNC)cc5)o4)n3)C[C@H]21.[HH].[HH].[HH].[HH].[HH]. The molecule has 1 amide bonds. The van der Waals surface area contributed by atoms with Gasteiger partial charge in [-0.15, -0.1) is 10.2 Å². The van der Waals surface area contributed by atoms with Crippen molar-refractivity contribution in [1.29, 1.82) is 0 Å². The van der Waals surface area contributed by atoms with Gasteiger partial charge >= 0.3 is 0 Å². The van der Waals surface area contributed by atoms with Crippen LogP contribution in [-0.2, 0) is 11.3 Å². The van der Waals surface area contributed by atoms with E-state index in [0.29, 0.717) is 35.8 Å². The number of nitrogens with zero attached hydrogens (tertiary/aromatic N) is 5. The van der Waals surface area contributed by atoms with E-state index in [1.165, 1.54) is 0 Å². The minimum atomic E-state index is 0. The highest BCUT2D eigenvalue weighted by molar-refractivity contribution is 5.83. The van der Waals surface area contributed by atoms with Crippen LogP contribution in [0.2, 0.25) is 0 Å². The molecule has 2 unspecified atom stereocenters. The fraction of sp³-hybridized carbons (Fsp3) is 0.409. The zero-order chi connectivity index (χ0) is 22.2. The number of piperidine rings is 1. The molecule has 5 rings (SSSR count). The van der Waals surface area contributed by atoms with Crippen molar-refractivity contribution in [3.05, 3.63) is 36.0 Å². The molecule has 2 aromatic heterocycles. The molecule has 176 valence electrons. The van der Waals surface area contributed by atoms with Gasteiger partial charge in [-0.25, -0.2) is 9.97 Å². The Hall–Kier alpha value is -3.53. The van der Waals surface area contributed by atoms with E-state index in [9.17, 15) is 4.79 Å². The molecular weight excluding hydrogens is 408 g/mol. The van der Waals surface area contributed by atoms with Crippen molar-refractivity contribution in [3.63, 3.8) is 0 Å². The van der Waals surface area contributed by atoms with Gasteiger partial charge in [-0.2, -0.15) is 0 Å². The number of nitrogens with two attached hydrogens (primary N) is 1. The molecule has 0 radical (unpaired) electrons. The van der Waals surface area contributed by atoms with Crippen molar-refractivity contribution in [3.8, 4) is 23.0 Å². The van der Waals surface area contributed by atoms with Crippen molar-refractivity contribution in [2.75, 3.05) is 37.3 Å². The lowest BCUT2D eigenvalue weighted by Gasteiger charge is -2.20. The fourth-order valence-corrected chi connectivity index (χ4v) is 4.50. The molecule has 10 nitrogen and oxygen atoms in total. The van der Waals surface area contributed by atoms with E-state index in [4.69, 9.17) is 10.2 Å². The third-order valence-corrected chi connectivity index (χ3v) is 6.17. The first-order valence-corrected chi connectivity index (χ1v) is 10.8. The lowest BCUT2D eigenvalue weighted by molar-refractivity contribution is -0.122. The summed E-state index contributed by atoms with van der Waals surface area (Å²) in [4.78, 5) is 23.2. The summed E-state index contributed by atoms with van der Waals surface area (Å²) in [5.74, 6) is 2.57. The van der Waals surface area contributed by atoms with E-state index < -0.39 is 0 Å². The van der Waals surface area contributed by atoms with E-state index in [-0.39, 0.29) is 30.7 Å². The van der Waals surface area contributed by atoms with Crippen LogP contribution in [0.15, 0.2) is 34.9 Å². The molecule has 3 atom stereocenters. The maximum atomic E-state index is 12.1. The summed E-state index contributed by atoms with van der Waals surface area (Å²) in [6.07, 6.45) is 1.66. The van der Waals surface area contributed by atoms with Crippen LogP contribution in [0.3, 0.4) is 0 Å². The third kappa shape index (κ3) is 3.66. The van der Waals surface area contributed by atoms with Gasteiger partial charge in [-0.05, 0) is 43.5 Å². The summed E-state index contributed by atoms with van der Waals surface area (Å²) in [6.45, 7) is 4.95. The Bertz CT molecular complexity index is 1140. The smallest absolute Gasteiger partial charge is 0.270 e. The number of hydrogen-bond donors (Lipinski definition) is 3. The second-order valence-electron chi connectivity index (χ2n) is 8.25. The summed E-state index contributed by atoms with van der Waals surface area (Å²) in [5.41, 5.74) is 8.43. The second kappa shape index (κ2) is 8.19. The number of carbonyl (C=O) groups excluding carboxylic acids is 1. The van der Waals surface area contributed by atoms with Gasteiger partial charge in [0.25, 0.3) is 5.89 Å². The van der Waals surface area contributed by atoms with Crippen LogP contribution in [0.5, 0.6) is 0 Å². The van der Waals surface area contributed by atoms with Crippen molar-refractivity contribution < 1.29 is 16.3 Å². The molecule has 1 aromatic carbocycles. The van der Waals surface area contributed by atoms with Gasteiger partial charge in [0.1, 0.15) is 5.82 Å². The van der Waals surface area contributed by atoms with Crippen molar-refractivity contribution in [1.82, 2.24) is 30.8 Å². The predicted molar refractivity (Wildman–Crippen MR) is 130 cm³/mol. The van der Waals surface area contributed by atoms with Gasteiger partial charge in [-0.1, -0.05) is 12.1 Å². The Morgan fingerprint density at radius 2 is 1.94 bits per heavy atom. The lowest BCUT2D eigenvalue weighted by Crippen LogP contribution is -2.32. The van der Waals surface area contributed by atoms with Crippen LogP contribution in [0.4, 0.5) is 11.6 Å². The number of amides is 1. The number of anilines is 2. The summed E-state index contributed by atoms with van der Waals surface area (Å²) in [5, 5.41) is 14.3. The van der Waals surface area contributed by atoms with Crippen LogP contribution < -0.4 is 21.3 Å². The normalized spacial score (nSPS) is 21.4. The summed E-state index contributed by atoms with van der Waals surface area (Å²) in [7, 11) is 1.91. The highest BCUT2D eigenvalue weighted by Gasteiger charge is 2.59. The minimum Gasteiger partial charge on any atom is -0.414 e. The lowest BCUT2D eigenvalue weighted by atomic mass is 10.1. The van der Waals surface area contributed by atoms with E-state index in [0.717, 1.165) is 30.8 Å². The quantitative estimate of drug-likeness (QED) is 0.502. The number of benzene rings is 1. The first-order valence-electron chi connectivity index (χ1n) is 10.8. The van der Waals surface area contributed by atoms with Gasteiger partial charge in [0.05, 0.1) is 6.20 Å². The molecule has 1 saturated heterocycles. The number of rotatable bonds is 7. The average Bonchev–Trinajstić information content (AvgIpc) is 3.13. The van der Waals surface area contributed by atoms with E-state index in [2.05, 4.69) is 35.7 Å². The Kier molecular flexibility index (Phi) is 5.22. The Morgan fingerprint density at radius 1 is 1.22 bits per heavy atom. The number of hydrogen-bond acceptors (Lipinski definition) is 9. The second-order valence-corrected chi connectivity index (χ2v) is 8.25. The molecule has 1 aliphatic carbocycles. The molecule has 0 bridgehead atoms. The predicted octanol–water partition coefficient (Wildman–Crippen LogP) is 2.54. The maximum Gasteiger partial charge on any atom is 0.270 e. The van der Waals surface area contributed by atoms with Crippen molar-refractivity contribution in [2.24, 2.45) is 17.8 Å². The zero-order valence-electron chi connectivity index (χ0n) is 18.1. The van der Waals surface area contributed by atoms with Gasteiger partial charge in [-0.3, -0.25) is 4.79 Å². The molecule has 4 N–H and O–H groups in total. The van der Waals surface area contributed by atoms with E-state index in [1.54, 1.807) is 6.20 Å². The van der Waals surface area contributed by atoms with Crippen molar-refractivity contribution in [2.45, 2.75) is 13.5 Å². The van der Waals surface area contributed by atoms with Gasteiger partial charge in [0.2, 0.25) is 11.8 Å². The van der Waals surface area contributed by atoms with Crippen LogP contribution in [0.1, 0.15) is 19.6 Å². The largest absolute Gasteiger partial charge is 0.414 e. The van der Waals surface area contributed by atoms with Crippen molar-refractivity contribution >= 4 is 17.5 Å². The van der Waals surface area contributed by atoms with E-state index in [1.807, 2.05) is 38.2 Å². The number of nitrogen functional groups attached to an aromatic ring is 1. The minimum absolute atomic E-state index is 0. The van der Waals surface area contributed by atoms with Gasteiger partial charge in [0, 0.05) is 44.8 Å². The van der Waals surface area contributed by atoms with Gasteiger partial charge in [0.15, 0.2) is 11.5 Å². The number of fused-ring (bicyclic) bond motifs is 1. The van der Waals surface area contributed by atoms with Gasteiger partial charge < -0.3 is 25.7 Å². The first kappa shape index (κ1) is 20.4. The molecule has 2 fully saturated rings. The summed E-state index contributed by atoms with van der Waals surface area (Å²) >= 11 is 0. The number of carbonyl (C=O) groups is 1. The molecule has 3 heterocycles. The Morgan fingerprint density at radius 3 is 2.62 bits per heavy atom. The highest BCUT2D eigenvalue weighted by atomic mass is 16.4. The van der Waals surface area contributed by atoms with Crippen LogP contribution in [0.25, 0.3) is 23.0 Å². The molecular formula is C22H36N8O2. The fourth-order valence-electron chi connectivity index (χ4n) is 4.50. The van der Waals surface area contributed by atoms with Crippen LogP contribution in [-0.4, -0.2) is 52.8 Å². The zero-order valence-corrected chi connectivity index (χ0v) is 18.1. The Balaban J connectivity index is 0.00000259. The molecule has 0 spiro atoms. The number of aromatic nitrogens is 4.